The Morgan fingerprint density at radius 1 is 0.653 bits per heavy atom. The van der Waals surface area contributed by atoms with Crippen LogP contribution in [0, 0.1) is 5.82 Å². The van der Waals surface area contributed by atoms with Gasteiger partial charge in [-0.3, -0.25) is 9.97 Å². The average molecular weight is 867 g/mol. The maximum absolute atomic E-state index is 15.0. The van der Waals surface area contributed by atoms with Gasteiger partial charge < -0.3 is 0 Å². The summed E-state index contributed by atoms with van der Waals surface area (Å²) in [6.45, 7) is 4.54. The van der Waals surface area contributed by atoms with E-state index in [-0.39, 0.29) is 5.82 Å². The van der Waals surface area contributed by atoms with Crippen LogP contribution in [-0.4, -0.2) is 9.97 Å². The van der Waals surface area contributed by atoms with Crippen LogP contribution in [0.15, 0.2) is 106 Å². The van der Waals surface area contributed by atoms with Crippen molar-refractivity contribution < 1.29 is 4.39 Å². The van der Waals surface area contributed by atoms with Gasteiger partial charge in [-0.1, -0.05) is 102 Å². The number of halogens is 3. The van der Waals surface area contributed by atoms with E-state index in [1.165, 1.54) is 89.9 Å². The third kappa shape index (κ3) is 13.2. The van der Waals surface area contributed by atoms with E-state index in [2.05, 4.69) is 96.1 Å². The molecule has 4 aromatic rings. The van der Waals surface area contributed by atoms with Crippen LogP contribution in [-0.2, 0) is 12.8 Å². The summed E-state index contributed by atoms with van der Waals surface area (Å²) < 4.78 is 17.1. The largest absolute Gasteiger partial charge is 0.252 e. The van der Waals surface area contributed by atoms with Gasteiger partial charge in [0, 0.05) is 34.7 Å². The third-order valence-electron chi connectivity index (χ3n) is 8.27. The molecule has 5 heterocycles. The summed E-state index contributed by atoms with van der Waals surface area (Å²) in [6.07, 6.45) is 30.6. The van der Waals surface area contributed by atoms with Crippen LogP contribution in [0.3, 0.4) is 0 Å². The number of nitrogens with zero attached hydrogens (tertiary/aromatic N) is 2. The molecule has 2 atom stereocenters. The number of hydrogen-bond acceptors (Lipinski definition) is 4. The number of fused-ring (bicyclic) bond motifs is 1. The summed E-state index contributed by atoms with van der Waals surface area (Å²) in [4.78, 5) is 13.6. The number of thiol groups is 2. The van der Waals surface area contributed by atoms with Crippen LogP contribution >= 0.6 is 76.3 Å². The van der Waals surface area contributed by atoms with Gasteiger partial charge in [-0.2, -0.15) is 21.8 Å². The van der Waals surface area contributed by atoms with Gasteiger partial charge >= 0.3 is 0 Å². The van der Waals surface area contributed by atoms with Crippen molar-refractivity contribution in [3.8, 4) is 0 Å². The maximum atomic E-state index is 15.0. The Morgan fingerprint density at radius 2 is 1.14 bits per heavy atom. The van der Waals surface area contributed by atoms with E-state index in [0.29, 0.717) is 10.4 Å². The second-order valence-corrected chi connectivity index (χ2v) is 21.0. The lowest BCUT2D eigenvalue weighted by Crippen LogP contribution is -1.96. The monoisotopic (exact) mass is 864 g/mol. The number of benzene rings is 1. The highest BCUT2D eigenvalue weighted by Crippen LogP contribution is 2.58. The minimum Gasteiger partial charge on any atom is -0.252 e. The fourth-order valence-electron chi connectivity index (χ4n) is 5.65. The zero-order valence-corrected chi connectivity index (χ0v) is 35.4. The zero-order valence-electron chi connectivity index (χ0n) is 28.8. The zero-order chi connectivity index (χ0) is 34.7. The van der Waals surface area contributed by atoms with Crippen LogP contribution < -0.4 is 0 Å². The molecule has 0 saturated carbocycles. The SMILES string of the molecule is CCCCCCCCc1cccs1.CCCCCCCCc1cccs1.Fc1cc([SH]2C=CC=C2Br)c2nccnc2c1[SH]1C=CC=C1Br. The van der Waals surface area contributed by atoms with E-state index in [1.54, 1.807) is 28.2 Å². The Hall–Kier alpha value is -1.49. The molecule has 2 nitrogen and oxygen atoms in total. The molecule has 2 aliphatic heterocycles. The van der Waals surface area contributed by atoms with E-state index in [9.17, 15) is 0 Å². The van der Waals surface area contributed by atoms with Crippen molar-refractivity contribution in [2.24, 2.45) is 0 Å². The number of hydrogen-bond donors (Lipinski definition) is 2. The maximum Gasteiger partial charge on any atom is 0.139 e. The molecular formula is C40H51Br2FN2S4. The highest BCUT2D eigenvalue weighted by Gasteiger charge is 2.24. The molecule has 3 aromatic heterocycles. The first-order valence-electron chi connectivity index (χ1n) is 17.7. The predicted molar refractivity (Wildman–Crippen MR) is 229 cm³/mol. The van der Waals surface area contributed by atoms with Crippen molar-refractivity contribution in [1.82, 2.24) is 9.97 Å². The van der Waals surface area contributed by atoms with Gasteiger partial charge in [-0.15, -0.1) is 22.7 Å². The van der Waals surface area contributed by atoms with Gasteiger partial charge in [-0.25, -0.2) is 4.39 Å². The van der Waals surface area contributed by atoms with E-state index >= 15 is 4.39 Å². The summed E-state index contributed by atoms with van der Waals surface area (Å²) in [5, 5.41) is 8.47. The molecule has 2 unspecified atom stereocenters. The number of allylic oxidation sites excluding steroid dienone is 4. The predicted octanol–water partition coefficient (Wildman–Crippen LogP) is 15.3. The number of aromatic nitrogens is 2. The summed E-state index contributed by atoms with van der Waals surface area (Å²) >= 11 is 10.9. The summed E-state index contributed by atoms with van der Waals surface area (Å²) in [5.74, 6) is -0.209. The standard InChI is InChI=1S/C16H11Br2FN2S2.2C12H20S/c17-12-3-1-7-22(12)11-9-10(19)16(23-8-2-4-13(23)18)15-14(11)20-5-6-21-15;2*1-2-3-4-5-6-7-9-12-10-8-11-13-12/h1-9,22-23H;2*8,10-11H,2-7,9H2,1H3. The Bertz CT molecular complexity index is 1600. The molecule has 0 bridgehead atoms. The Balaban J connectivity index is 0.000000179. The average Bonchev–Trinajstić information content (AvgIpc) is 3.95. The molecule has 0 fully saturated rings. The minimum atomic E-state index is -0.875. The van der Waals surface area contributed by atoms with Crippen LogP contribution in [0.4, 0.5) is 4.39 Å². The van der Waals surface area contributed by atoms with Crippen LogP contribution in [0.2, 0.25) is 0 Å². The lowest BCUT2D eigenvalue weighted by Gasteiger charge is -2.21. The highest BCUT2D eigenvalue weighted by atomic mass is 79.9. The van der Waals surface area contributed by atoms with E-state index in [4.69, 9.17) is 0 Å². The molecule has 0 spiro atoms. The third-order valence-corrected chi connectivity index (χ3v) is 16.9. The molecule has 0 saturated heterocycles. The van der Waals surface area contributed by atoms with E-state index in [1.807, 2.05) is 52.4 Å². The number of thiophene rings is 2. The first-order valence-corrected chi connectivity index (χ1v) is 23.8. The van der Waals surface area contributed by atoms with Gasteiger partial charge in [0.05, 0.1) is 4.90 Å². The molecule has 49 heavy (non-hydrogen) atoms. The second-order valence-electron chi connectivity index (χ2n) is 12.1. The lowest BCUT2D eigenvalue weighted by atomic mass is 10.1. The molecule has 0 radical (unpaired) electrons. The van der Waals surface area contributed by atoms with Gasteiger partial charge in [-0.05, 0) is 109 Å². The molecule has 1 aromatic carbocycles. The Labute approximate surface area is 324 Å². The number of rotatable bonds is 16. The topological polar surface area (TPSA) is 25.8 Å². The van der Waals surface area contributed by atoms with Gasteiger partial charge in [0.25, 0.3) is 0 Å². The second kappa shape index (κ2) is 23.1. The molecule has 6 rings (SSSR count). The van der Waals surface area contributed by atoms with E-state index < -0.39 is 21.8 Å². The van der Waals surface area contributed by atoms with Crippen molar-refractivity contribution in [2.45, 2.75) is 114 Å². The molecule has 0 N–H and O–H groups in total. The normalized spacial score (nSPS) is 17.7. The molecule has 2 aliphatic rings. The van der Waals surface area contributed by atoms with Gasteiger partial charge in [0.1, 0.15) is 16.9 Å². The van der Waals surface area contributed by atoms with Crippen LogP contribution in [0.1, 0.15) is 101 Å². The highest BCUT2D eigenvalue weighted by molar-refractivity contribution is 9.14. The van der Waals surface area contributed by atoms with Crippen molar-refractivity contribution >= 4 is 87.4 Å². The van der Waals surface area contributed by atoms with Gasteiger partial charge in [0.15, 0.2) is 0 Å². The van der Waals surface area contributed by atoms with Crippen molar-refractivity contribution in [1.29, 1.82) is 0 Å². The summed E-state index contributed by atoms with van der Waals surface area (Å²) in [7, 11) is -1.61. The Morgan fingerprint density at radius 3 is 1.61 bits per heavy atom. The van der Waals surface area contributed by atoms with Gasteiger partial charge in [0.2, 0.25) is 0 Å². The summed E-state index contributed by atoms with van der Waals surface area (Å²) in [6, 6.07) is 10.4. The fourth-order valence-corrected chi connectivity index (χ4v) is 12.6. The van der Waals surface area contributed by atoms with Crippen molar-refractivity contribution in [3.63, 3.8) is 0 Å². The minimum absolute atomic E-state index is 0.209. The first kappa shape index (κ1) is 40.3. The quantitative estimate of drug-likeness (QED) is 0.0867. The number of unbranched alkanes of at least 4 members (excludes halogenated alkanes) is 10. The fraction of sp³-hybridized carbons (Fsp3) is 0.400. The Kier molecular flexibility index (Phi) is 19.0. The summed E-state index contributed by atoms with van der Waals surface area (Å²) in [5.41, 5.74) is 1.45. The lowest BCUT2D eigenvalue weighted by molar-refractivity contribution is 0.601. The molecule has 266 valence electrons. The van der Waals surface area contributed by atoms with Crippen LogP contribution in [0.25, 0.3) is 11.0 Å². The van der Waals surface area contributed by atoms with Crippen molar-refractivity contribution in [3.05, 3.63) is 112 Å². The molecule has 0 amide bonds. The number of aryl methyl sites for hydroxylation is 2. The molecule has 9 heteroatoms. The smallest absolute Gasteiger partial charge is 0.139 e. The first-order chi connectivity index (χ1) is 24.0. The van der Waals surface area contributed by atoms with Crippen molar-refractivity contribution in [2.75, 3.05) is 0 Å². The molecular weight excluding hydrogens is 816 g/mol. The van der Waals surface area contributed by atoms with Crippen LogP contribution in [0.5, 0.6) is 0 Å². The molecule has 0 aliphatic carbocycles. The van der Waals surface area contributed by atoms with E-state index in [0.717, 1.165) is 18.0 Å².